The average molecular weight is 314 g/mol. The molecule has 0 aliphatic heterocycles. The lowest BCUT2D eigenvalue weighted by Crippen LogP contribution is -2.39. The lowest BCUT2D eigenvalue weighted by Gasteiger charge is -2.23. The number of carbonyl (C=O) groups excluding carboxylic acids is 2. The average Bonchev–Trinajstić information content (AvgIpc) is 2.50. The molecule has 0 spiro atoms. The molecule has 0 saturated carbocycles. The molecule has 2 amide bonds. The van der Waals surface area contributed by atoms with Crippen LogP contribution in [0.15, 0.2) is 30.3 Å². The van der Waals surface area contributed by atoms with E-state index in [1.165, 1.54) is 0 Å². The molecule has 0 aliphatic carbocycles. The van der Waals surface area contributed by atoms with Gasteiger partial charge in [0.15, 0.2) is 0 Å². The van der Waals surface area contributed by atoms with Gasteiger partial charge in [-0.05, 0) is 25.5 Å². The minimum atomic E-state index is -0.110. The van der Waals surface area contributed by atoms with Crippen molar-refractivity contribution in [3.63, 3.8) is 0 Å². The maximum absolute atomic E-state index is 11.8. The fourth-order valence-electron chi connectivity index (χ4n) is 1.71. The van der Waals surface area contributed by atoms with E-state index in [9.17, 15) is 9.59 Å². The van der Waals surface area contributed by atoms with Gasteiger partial charge in [-0.15, -0.1) is 12.4 Å². The number of likely N-dealkylation sites (N-methyl/N-ethyl adjacent to an activating group) is 1. The zero-order chi connectivity index (χ0) is 15.0. The van der Waals surface area contributed by atoms with E-state index >= 15 is 0 Å². The lowest BCUT2D eigenvalue weighted by molar-refractivity contribution is -0.131. The van der Waals surface area contributed by atoms with Crippen LogP contribution in [0.25, 0.3) is 0 Å². The Morgan fingerprint density at radius 3 is 2.48 bits per heavy atom. The molecule has 0 bridgehead atoms. The summed E-state index contributed by atoms with van der Waals surface area (Å²) < 4.78 is 0. The van der Waals surface area contributed by atoms with Gasteiger partial charge in [0.25, 0.3) is 5.91 Å². The van der Waals surface area contributed by atoms with E-state index in [1.54, 1.807) is 24.1 Å². The molecule has 5 nitrogen and oxygen atoms in total. The minimum absolute atomic E-state index is 0. The first-order valence-corrected chi connectivity index (χ1v) is 6.85. The van der Waals surface area contributed by atoms with Crippen LogP contribution in [0.3, 0.4) is 0 Å². The predicted molar refractivity (Wildman–Crippen MR) is 86.5 cm³/mol. The normalized spacial score (nSPS) is 11.2. The van der Waals surface area contributed by atoms with Gasteiger partial charge in [-0.1, -0.05) is 18.2 Å². The molecule has 1 aromatic carbocycles. The number of carbonyl (C=O) groups is 2. The van der Waals surface area contributed by atoms with Crippen molar-refractivity contribution in [1.29, 1.82) is 0 Å². The fraction of sp³-hybridized carbons (Fsp3) is 0.467. The molecule has 0 aliphatic rings. The fourth-order valence-corrected chi connectivity index (χ4v) is 1.71. The molecule has 1 unspecified atom stereocenters. The van der Waals surface area contributed by atoms with E-state index in [-0.39, 0.29) is 30.3 Å². The SMILES string of the molecule is CC(CN)N(C)C(=O)CCCNC(=O)c1ccccc1.Cl. The Labute approximate surface area is 132 Å². The Morgan fingerprint density at radius 1 is 1.29 bits per heavy atom. The van der Waals surface area contributed by atoms with Crippen LogP contribution in [0.2, 0.25) is 0 Å². The summed E-state index contributed by atoms with van der Waals surface area (Å²) in [6.45, 7) is 2.85. The Kier molecular flexibility index (Phi) is 9.41. The summed E-state index contributed by atoms with van der Waals surface area (Å²) in [6, 6.07) is 9.07. The van der Waals surface area contributed by atoms with Crippen molar-refractivity contribution < 1.29 is 9.59 Å². The number of nitrogens with zero attached hydrogens (tertiary/aromatic N) is 1. The number of amides is 2. The largest absolute Gasteiger partial charge is 0.352 e. The van der Waals surface area contributed by atoms with Crippen LogP contribution in [0.1, 0.15) is 30.1 Å². The van der Waals surface area contributed by atoms with Gasteiger partial charge < -0.3 is 16.0 Å². The summed E-state index contributed by atoms with van der Waals surface area (Å²) in [5, 5.41) is 2.80. The molecule has 0 radical (unpaired) electrons. The van der Waals surface area contributed by atoms with Gasteiger partial charge >= 0.3 is 0 Å². The van der Waals surface area contributed by atoms with Gasteiger partial charge in [-0.3, -0.25) is 9.59 Å². The Balaban J connectivity index is 0.00000400. The van der Waals surface area contributed by atoms with E-state index in [0.29, 0.717) is 31.5 Å². The molecule has 1 rings (SSSR count). The smallest absolute Gasteiger partial charge is 0.251 e. The Morgan fingerprint density at radius 2 is 1.90 bits per heavy atom. The van der Waals surface area contributed by atoms with Gasteiger partial charge in [0.05, 0.1) is 0 Å². The summed E-state index contributed by atoms with van der Waals surface area (Å²) in [5.74, 6) is -0.0568. The molecule has 1 atom stereocenters. The first kappa shape index (κ1) is 19.4. The van der Waals surface area contributed by atoms with Crippen molar-refractivity contribution in [2.75, 3.05) is 20.1 Å². The van der Waals surface area contributed by atoms with Gasteiger partial charge in [0.2, 0.25) is 5.91 Å². The highest BCUT2D eigenvalue weighted by Crippen LogP contribution is 2.01. The zero-order valence-corrected chi connectivity index (χ0v) is 13.4. The van der Waals surface area contributed by atoms with Crippen molar-refractivity contribution in [1.82, 2.24) is 10.2 Å². The Bertz CT molecular complexity index is 440. The minimum Gasteiger partial charge on any atom is -0.352 e. The second kappa shape index (κ2) is 10.2. The van der Waals surface area contributed by atoms with E-state index in [1.807, 2.05) is 25.1 Å². The summed E-state index contributed by atoms with van der Waals surface area (Å²) >= 11 is 0. The molecule has 0 saturated heterocycles. The number of nitrogens with two attached hydrogens (primary N) is 1. The third-order valence-electron chi connectivity index (χ3n) is 3.28. The molecule has 0 fully saturated rings. The standard InChI is InChI=1S/C15H23N3O2.ClH/c1-12(11-16)18(2)14(19)9-6-10-17-15(20)13-7-4-3-5-8-13;/h3-5,7-8,12H,6,9-11,16H2,1-2H3,(H,17,20);1H. The van der Waals surface area contributed by atoms with E-state index in [0.717, 1.165) is 0 Å². The van der Waals surface area contributed by atoms with Crippen molar-refractivity contribution in [3.05, 3.63) is 35.9 Å². The van der Waals surface area contributed by atoms with Crippen molar-refractivity contribution in [2.24, 2.45) is 5.73 Å². The highest BCUT2D eigenvalue weighted by atomic mass is 35.5. The first-order chi connectivity index (χ1) is 9.56. The molecular weight excluding hydrogens is 290 g/mol. The molecule has 0 aromatic heterocycles. The number of hydrogen-bond donors (Lipinski definition) is 2. The van der Waals surface area contributed by atoms with Crippen LogP contribution in [0.5, 0.6) is 0 Å². The number of nitrogens with one attached hydrogen (secondary N) is 1. The van der Waals surface area contributed by atoms with Crippen LogP contribution in [-0.2, 0) is 4.79 Å². The van der Waals surface area contributed by atoms with Gasteiger partial charge in [0, 0.05) is 38.2 Å². The summed E-state index contributed by atoms with van der Waals surface area (Å²) in [5.41, 5.74) is 6.15. The number of halogens is 1. The zero-order valence-electron chi connectivity index (χ0n) is 12.5. The van der Waals surface area contributed by atoms with Gasteiger partial charge in [-0.25, -0.2) is 0 Å². The van der Waals surface area contributed by atoms with Gasteiger partial charge in [-0.2, -0.15) is 0 Å². The number of benzene rings is 1. The number of hydrogen-bond acceptors (Lipinski definition) is 3. The summed E-state index contributed by atoms with van der Waals surface area (Å²) in [4.78, 5) is 25.2. The van der Waals surface area contributed by atoms with Crippen LogP contribution < -0.4 is 11.1 Å². The van der Waals surface area contributed by atoms with Crippen LogP contribution in [0, 0.1) is 0 Å². The maximum Gasteiger partial charge on any atom is 0.251 e. The number of rotatable bonds is 7. The molecular formula is C15H24ClN3O2. The van der Waals surface area contributed by atoms with Crippen molar-refractivity contribution in [2.45, 2.75) is 25.8 Å². The second-order valence-electron chi connectivity index (χ2n) is 4.81. The van der Waals surface area contributed by atoms with E-state index in [4.69, 9.17) is 5.73 Å². The van der Waals surface area contributed by atoms with E-state index in [2.05, 4.69) is 5.32 Å². The van der Waals surface area contributed by atoms with E-state index < -0.39 is 0 Å². The molecule has 0 heterocycles. The quantitative estimate of drug-likeness (QED) is 0.748. The van der Waals surface area contributed by atoms with Crippen LogP contribution in [-0.4, -0.2) is 42.9 Å². The maximum atomic E-state index is 11.8. The van der Waals surface area contributed by atoms with Crippen molar-refractivity contribution in [3.8, 4) is 0 Å². The molecule has 21 heavy (non-hydrogen) atoms. The highest BCUT2D eigenvalue weighted by molar-refractivity contribution is 5.94. The molecule has 118 valence electrons. The third-order valence-corrected chi connectivity index (χ3v) is 3.28. The first-order valence-electron chi connectivity index (χ1n) is 6.85. The molecule has 6 heteroatoms. The lowest BCUT2D eigenvalue weighted by atomic mass is 10.2. The highest BCUT2D eigenvalue weighted by Gasteiger charge is 2.13. The second-order valence-corrected chi connectivity index (χ2v) is 4.81. The summed E-state index contributed by atoms with van der Waals surface area (Å²) in [6.07, 6.45) is 1.04. The monoisotopic (exact) mass is 313 g/mol. The molecule has 3 N–H and O–H groups in total. The van der Waals surface area contributed by atoms with Crippen molar-refractivity contribution >= 4 is 24.2 Å². The predicted octanol–water partition coefficient (Wildman–Crippen LogP) is 1.42. The third kappa shape index (κ3) is 6.60. The van der Waals surface area contributed by atoms with Crippen LogP contribution >= 0.6 is 12.4 Å². The Hall–Kier alpha value is -1.59. The van der Waals surface area contributed by atoms with Crippen LogP contribution in [0.4, 0.5) is 0 Å². The summed E-state index contributed by atoms with van der Waals surface area (Å²) in [7, 11) is 1.75. The van der Waals surface area contributed by atoms with Gasteiger partial charge in [0.1, 0.15) is 0 Å². The molecule has 1 aromatic rings. The topological polar surface area (TPSA) is 75.4 Å².